The largest absolute Gasteiger partial charge is 0.503 e. The van der Waals surface area contributed by atoms with Gasteiger partial charge in [0.25, 0.3) is 0 Å². The van der Waals surface area contributed by atoms with Crippen LogP contribution in [-0.4, -0.2) is 11.1 Å². The Kier molecular flexibility index (Phi) is 8.69. The third-order valence-electron chi connectivity index (χ3n) is 6.46. The van der Waals surface area contributed by atoms with E-state index in [0.717, 1.165) is 16.9 Å². The summed E-state index contributed by atoms with van der Waals surface area (Å²) in [6.45, 7) is 26.5. The number of hydrogen-bond donors (Lipinski definition) is 3. The number of quaternary nitrogens is 1. The van der Waals surface area contributed by atoms with E-state index in [-0.39, 0.29) is 16.9 Å². The molecule has 0 aliphatic rings. The van der Waals surface area contributed by atoms with Crippen molar-refractivity contribution in [1.82, 2.24) is 0 Å². The number of hydrogen-bond acceptors (Lipinski definition) is 2. The van der Waals surface area contributed by atoms with Gasteiger partial charge >= 0.3 is 0 Å². The number of benzene rings is 2. The van der Waals surface area contributed by atoms with Gasteiger partial charge < -0.3 is 15.7 Å². The van der Waals surface area contributed by atoms with Gasteiger partial charge in [-0.1, -0.05) is 93.5 Å². The lowest BCUT2D eigenvalue weighted by molar-refractivity contribution is -0.596. The highest BCUT2D eigenvalue weighted by Crippen LogP contribution is 2.38. The molecule has 34 heavy (non-hydrogen) atoms. The summed E-state index contributed by atoms with van der Waals surface area (Å²) in [7, 11) is 0. The fourth-order valence-electron chi connectivity index (χ4n) is 4.45. The van der Waals surface area contributed by atoms with Crippen molar-refractivity contribution < 1.29 is 10.4 Å². The van der Waals surface area contributed by atoms with Crippen molar-refractivity contribution in [2.45, 2.75) is 112 Å². The van der Waals surface area contributed by atoms with Crippen LogP contribution in [0.25, 0.3) is 0 Å². The second kappa shape index (κ2) is 10.6. The van der Waals surface area contributed by atoms with Crippen LogP contribution in [0.5, 0.6) is 5.75 Å². The Labute approximate surface area is 209 Å². The first-order valence-electron chi connectivity index (χ1n) is 12.8. The Balaban J connectivity index is 2.39. The van der Waals surface area contributed by atoms with Gasteiger partial charge in [-0.2, -0.15) is 0 Å². The van der Waals surface area contributed by atoms with Crippen LogP contribution in [0, 0.1) is 0 Å². The Morgan fingerprint density at radius 2 is 1.41 bits per heavy atom. The molecule has 0 saturated heterocycles. The summed E-state index contributed by atoms with van der Waals surface area (Å²) < 4.78 is 0. The molecule has 3 nitrogen and oxygen atoms in total. The van der Waals surface area contributed by atoms with E-state index in [1.807, 2.05) is 0 Å². The number of phenolic OH excluding ortho intramolecular Hbond substituents is 1. The van der Waals surface area contributed by atoms with Crippen LogP contribution in [-0.2, 0) is 10.8 Å². The normalized spacial score (nSPS) is 14.1. The molecule has 0 spiro atoms. The van der Waals surface area contributed by atoms with Gasteiger partial charge in [-0.3, -0.25) is 0 Å². The number of anilines is 1. The molecule has 2 rings (SSSR count). The zero-order chi connectivity index (χ0) is 26.0. The molecule has 3 heteroatoms. The first kappa shape index (κ1) is 28.0. The zero-order valence-electron chi connectivity index (χ0n) is 23.7. The number of aromatic hydroxyl groups is 1. The van der Waals surface area contributed by atoms with E-state index in [1.54, 1.807) is 0 Å². The van der Waals surface area contributed by atoms with Crippen molar-refractivity contribution in [3.05, 3.63) is 64.4 Å². The second-order valence-electron chi connectivity index (χ2n) is 12.6. The molecule has 188 valence electrons. The molecule has 0 amide bonds. The van der Waals surface area contributed by atoms with E-state index in [9.17, 15) is 5.11 Å². The molecule has 1 unspecified atom stereocenters. The summed E-state index contributed by atoms with van der Waals surface area (Å²) in [5.41, 5.74) is 8.12. The van der Waals surface area contributed by atoms with Crippen molar-refractivity contribution >= 4 is 11.4 Å². The third kappa shape index (κ3) is 6.88. The Morgan fingerprint density at radius 3 is 1.85 bits per heavy atom. The first-order chi connectivity index (χ1) is 15.5. The maximum Gasteiger partial charge on any atom is 0.180 e. The number of para-hydroxylation sites is 1. The number of nitrogens with one attached hydrogen (secondary N) is 1. The SMILES string of the molecule is C/C(=C\C(C)[NH2+]c1cc(C(C)(C)C)cc(C(C)(C)C)c1O)Nc1c(C(C)C)cccc1C(C)C. The van der Waals surface area contributed by atoms with Gasteiger partial charge in [-0.25, -0.2) is 0 Å². The molecule has 0 aromatic heterocycles. The van der Waals surface area contributed by atoms with Gasteiger partial charge in [0.15, 0.2) is 11.4 Å². The summed E-state index contributed by atoms with van der Waals surface area (Å²) in [6, 6.07) is 11.1. The summed E-state index contributed by atoms with van der Waals surface area (Å²) in [5.74, 6) is 1.30. The Morgan fingerprint density at radius 1 is 0.882 bits per heavy atom. The quantitative estimate of drug-likeness (QED) is 0.288. The predicted octanol–water partition coefficient (Wildman–Crippen LogP) is 7.83. The Hall–Kier alpha value is -2.26. The number of allylic oxidation sites excluding steroid dienone is 1. The summed E-state index contributed by atoms with van der Waals surface area (Å²) in [6.07, 6.45) is 2.25. The first-order valence-corrected chi connectivity index (χ1v) is 12.8. The lowest BCUT2D eigenvalue weighted by Gasteiger charge is -2.27. The molecule has 4 N–H and O–H groups in total. The standard InChI is InChI=1S/C31H48N2O/c1-19(2)24-14-13-15-25(20(3)4)28(24)33-22(6)16-21(5)32-27-18-23(30(7,8)9)17-26(29(27)34)31(10,11)12/h13-21,32-34H,1-12H3/p+1/b22-16+. The van der Waals surface area contributed by atoms with E-state index < -0.39 is 0 Å². The van der Waals surface area contributed by atoms with E-state index in [1.165, 1.54) is 22.4 Å². The zero-order valence-corrected chi connectivity index (χ0v) is 23.7. The molecule has 2 aromatic rings. The number of rotatable bonds is 7. The minimum absolute atomic E-state index is 0.0145. The van der Waals surface area contributed by atoms with Crippen molar-refractivity contribution in [3.63, 3.8) is 0 Å². The van der Waals surface area contributed by atoms with Crippen molar-refractivity contribution in [1.29, 1.82) is 0 Å². The number of phenols is 1. The Bertz CT molecular complexity index is 991. The van der Waals surface area contributed by atoms with Gasteiger partial charge in [-0.15, -0.1) is 0 Å². The van der Waals surface area contributed by atoms with Crippen molar-refractivity contribution in [2.24, 2.45) is 0 Å². The minimum Gasteiger partial charge on any atom is -0.503 e. The van der Waals surface area contributed by atoms with Crippen LogP contribution in [0.2, 0.25) is 0 Å². The highest BCUT2D eigenvalue weighted by Gasteiger charge is 2.27. The fourth-order valence-corrected chi connectivity index (χ4v) is 4.45. The molecule has 0 heterocycles. The van der Waals surface area contributed by atoms with E-state index >= 15 is 0 Å². The summed E-state index contributed by atoms with van der Waals surface area (Å²) >= 11 is 0. The third-order valence-corrected chi connectivity index (χ3v) is 6.46. The van der Waals surface area contributed by atoms with Crippen LogP contribution >= 0.6 is 0 Å². The van der Waals surface area contributed by atoms with E-state index in [4.69, 9.17) is 0 Å². The van der Waals surface area contributed by atoms with E-state index in [2.05, 4.69) is 130 Å². The van der Waals surface area contributed by atoms with Crippen LogP contribution in [0.15, 0.2) is 42.1 Å². The molecule has 0 bridgehead atoms. The highest BCUT2D eigenvalue weighted by atomic mass is 16.3. The molecule has 2 aromatic carbocycles. The maximum atomic E-state index is 11.2. The van der Waals surface area contributed by atoms with E-state index in [0.29, 0.717) is 17.6 Å². The summed E-state index contributed by atoms with van der Waals surface area (Å²) in [4.78, 5) is 0. The highest BCUT2D eigenvalue weighted by molar-refractivity contribution is 5.63. The minimum atomic E-state index is -0.127. The van der Waals surface area contributed by atoms with Crippen LogP contribution in [0.1, 0.15) is 117 Å². The lowest BCUT2D eigenvalue weighted by Crippen LogP contribution is -2.83. The van der Waals surface area contributed by atoms with Gasteiger partial charge in [-0.05, 0) is 59.3 Å². The van der Waals surface area contributed by atoms with Crippen molar-refractivity contribution in [3.8, 4) is 5.75 Å². The second-order valence-corrected chi connectivity index (χ2v) is 12.6. The molecule has 0 aliphatic heterocycles. The maximum absolute atomic E-state index is 11.2. The summed E-state index contributed by atoms with van der Waals surface area (Å²) in [5, 5.41) is 17.1. The molecule has 0 aliphatic carbocycles. The van der Waals surface area contributed by atoms with Crippen LogP contribution in [0.4, 0.5) is 11.4 Å². The van der Waals surface area contributed by atoms with Crippen molar-refractivity contribution in [2.75, 3.05) is 5.32 Å². The average Bonchev–Trinajstić information content (AvgIpc) is 2.67. The molecule has 0 fully saturated rings. The lowest BCUT2D eigenvalue weighted by atomic mass is 9.79. The predicted molar refractivity (Wildman–Crippen MR) is 149 cm³/mol. The van der Waals surface area contributed by atoms with Crippen LogP contribution < -0.4 is 10.6 Å². The molecule has 0 saturated carbocycles. The monoisotopic (exact) mass is 465 g/mol. The molecular weight excluding hydrogens is 416 g/mol. The van der Waals surface area contributed by atoms with Gasteiger partial charge in [0.05, 0.1) is 0 Å². The van der Waals surface area contributed by atoms with Crippen LogP contribution in [0.3, 0.4) is 0 Å². The average molecular weight is 466 g/mol. The smallest absolute Gasteiger partial charge is 0.180 e. The fraction of sp³-hybridized carbons (Fsp3) is 0.548. The van der Waals surface area contributed by atoms with Gasteiger partial charge in [0.1, 0.15) is 6.04 Å². The van der Waals surface area contributed by atoms with Gasteiger partial charge in [0, 0.05) is 23.0 Å². The molecular formula is C31H49N2O+. The number of nitrogens with two attached hydrogens (primary N) is 1. The van der Waals surface area contributed by atoms with Gasteiger partial charge in [0.2, 0.25) is 0 Å². The molecule has 0 radical (unpaired) electrons. The molecule has 1 atom stereocenters. The topological polar surface area (TPSA) is 48.9 Å².